The van der Waals surface area contributed by atoms with Gasteiger partial charge in [0.2, 0.25) is 10.0 Å². The van der Waals surface area contributed by atoms with Crippen LogP contribution in [0.4, 0.5) is 4.39 Å². The van der Waals surface area contributed by atoms with Crippen molar-refractivity contribution in [2.75, 3.05) is 26.8 Å². The standard InChI is InChI=1S/C13H21FN2O3S/c1-4-16(5-6-19-3)20(17,18)13-8-11(9-15)7-12(14)10(13)2/h7-8H,4-6,9,15H2,1-3H3. The van der Waals surface area contributed by atoms with Crippen LogP contribution < -0.4 is 5.73 Å². The molecule has 114 valence electrons. The van der Waals surface area contributed by atoms with Gasteiger partial charge in [-0.05, 0) is 24.6 Å². The number of nitrogens with zero attached hydrogens (tertiary/aromatic N) is 1. The lowest BCUT2D eigenvalue weighted by Crippen LogP contribution is -2.34. The van der Waals surface area contributed by atoms with Gasteiger partial charge in [0, 0.05) is 32.3 Å². The molecule has 7 heteroatoms. The molecule has 0 fully saturated rings. The number of methoxy groups -OCH3 is 1. The zero-order valence-corrected chi connectivity index (χ0v) is 12.8. The lowest BCUT2D eigenvalue weighted by molar-refractivity contribution is 0.180. The first-order chi connectivity index (χ1) is 9.38. The molecule has 0 aliphatic heterocycles. The first-order valence-corrected chi connectivity index (χ1v) is 7.80. The van der Waals surface area contributed by atoms with Gasteiger partial charge in [0.1, 0.15) is 5.82 Å². The molecule has 1 aromatic rings. The van der Waals surface area contributed by atoms with E-state index in [2.05, 4.69) is 0 Å². The molecule has 0 aliphatic rings. The van der Waals surface area contributed by atoms with E-state index >= 15 is 0 Å². The monoisotopic (exact) mass is 304 g/mol. The van der Waals surface area contributed by atoms with Crippen LogP contribution in [0.1, 0.15) is 18.1 Å². The summed E-state index contributed by atoms with van der Waals surface area (Å²) in [6, 6.07) is 2.70. The summed E-state index contributed by atoms with van der Waals surface area (Å²) < 4.78 is 45.1. The number of halogens is 1. The summed E-state index contributed by atoms with van der Waals surface area (Å²) in [7, 11) is -2.25. The molecule has 1 rings (SSSR count). The minimum atomic E-state index is -3.75. The number of sulfonamides is 1. The van der Waals surface area contributed by atoms with Crippen molar-refractivity contribution in [2.45, 2.75) is 25.3 Å². The van der Waals surface area contributed by atoms with Gasteiger partial charge in [-0.15, -0.1) is 0 Å². The molecule has 0 spiro atoms. The Hall–Kier alpha value is -1.02. The second-order valence-corrected chi connectivity index (χ2v) is 6.30. The first-order valence-electron chi connectivity index (χ1n) is 6.36. The van der Waals surface area contributed by atoms with Gasteiger partial charge in [-0.2, -0.15) is 4.31 Å². The SMILES string of the molecule is CCN(CCOC)S(=O)(=O)c1cc(CN)cc(F)c1C. The van der Waals surface area contributed by atoms with Gasteiger partial charge in [-0.1, -0.05) is 6.92 Å². The van der Waals surface area contributed by atoms with Gasteiger partial charge in [0.15, 0.2) is 0 Å². The number of ether oxygens (including phenoxy) is 1. The minimum absolute atomic E-state index is 0.0316. The summed E-state index contributed by atoms with van der Waals surface area (Å²) in [5.41, 5.74) is 6.04. The highest BCUT2D eigenvalue weighted by atomic mass is 32.2. The molecule has 0 saturated carbocycles. The van der Waals surface area contributed by atoms with E-state index in [4.69, 9.17) is 10.5 Å². The quantitative estimate of drug-likeness (QED) is 0.823. The van der Waals surface area contributed by atoms with Crippen molar-refractivity contribution < 1.29 is 17.5 Å². The summed E-state index contributed by atoms with van der Waals surface area (Å²) in [6.45, 7) is 4.07. The Morgan fingerprint density at radius 2 is 2.05 bits per heavy atom. The molecule has 20 heavy (non-hydrogen) atoms. The molecule has 1 aromatic carbocycles. The third-order valence-electron chi connectivity index (χ3n) is 3.11. The van der Waals surface area contributed by atoms with Crippen LogP contribution in [-0.2, 0) is 21.3 Å². The summed E-state index contributed by atoms with van der Waals surface area (Å²) in [6.07, 6.45) is 0. The summed E-state index contributed by atoms with van der Waals surface area (Å²) in [5, 5.41) is 0. The van der Waals surface area contributed by atoms with E-state index in [9.17, 15) is 12.8 Å². The predicted octanol–water partition coefficient (Wildman–Crippen LogP) is 1.25. The Labute approximate surface area is 119 Å². The number of nitrogens with two attached hydrogens (primary N) is 1. The molecule has 0 bridgehead atoms. The molecule has 5 nitrogen and oxygen atoms in total. The van der Waals surface area contributed by atoms with Gasteiger partial charge in [0.25, 0.3) is 0 Å². The third kappa shape index (κ3) is 3.54. The van der Waals surface area contributed by atoms with Crippen LogP contribution in [0.15, 0.2) is 17.0 Å². The highest BCUT2D eigenvalue weighted by Crippen LogP contribution is 2.23. The van der Waals surface area contributed by atoms with Crippen molar-refractivity contribution in [1.82, 2.24) is 4.31 Å². The summed E-state index contributed by atoms with van der Waals surface area (Å²) >= 11 is 0. The average molecular weight is 304 g/mol. The first kappa shape index (κ1) is 17.0. The Bertz CT molecular complexity index is 561. The van der Waals surface area contributed by atoms with Gasteiger partial charge >= 0.3 is 0 Å². The molecule has 2 N–H and O–H groups in total. The Kier molecular flexibility index (Phi) is 6.07. The molecular formula is C13H21FN2O3S. The fraction of sp³-hybridized carbons (Fsp3) is 0.538. The molecule has 0 unspecified atom stereocenters. The number of hydrogen-bond donors (Lipinski definition) is 1. The fourth-order valence-electron chi connectivity index (χ4n) is 1.87. The number of benzene rings is 1. The molecular weight excluding hydrogens is 283 g/mol. The van der Waals surface area contributed by atoms with Gasteiger partial charge in [-0.25, -0.2) is 12.8 Å². The molecule has 0 atom stereocenters. The van der Waals surface area contributed by atoms with Crippen LogP contribution in [0, 0.1) is 12.7 Å². The van der Waals surface area contributed by atoms with Crippen molar-refractivity contribution in [1.29, 1.82) is 0 Å². The molecule has 0 amide bonds. The van der Waals surface area contributed by atoms with Gasteiger partial charge in [0.05, 0.1) is 11.5 Å². The Balaban J connectivity index is 3.29. The normalized spacial score (nSPS) is 12.1. The van der Waals surface area contributed by atoms with Crippen LogP contribution in [0.3, 0.4) is 0 Å². The maximum atomic E-state index is 13.8. The third-order valence-corrected chi connectivity index (χ3v) is 5.21. The van der Waals surface area contributed by atoms with E-state index in [0.29, 0.717) is 12.1 Å². The predicted molar refractivity (Wildman–Crippen MR) is 75.3 cm³/mol. The van der Waals surface area contributed by atoms with Crippen LogP contribution in [0.2, 0.25) is 0 Å². The zero-order valence-electron chi connectivity index (χ0n) is 12.0. The van der Waals surface area contributed by atoms with E-state index in [1.807, 2.05) is 0 Å². The average Bonchev–Trinajstić information content (AvgIpc) is 2.42. The van der Waals surface area contributed by atoms with Gasteiger partial charge in [-0.3, -0.25) is 0 Å². The van der Waals surface area contributed by atoms with E-state index in [1.165, 1.54) is 30.5 Å². The number of rotatable bonds is 7. The maximum Gasteiger partial charge on any atom is 0.243 e. The number of likely N-dealkylation sites (N-methyl/N-ethyl adjacent to an activating group) is 1. The topological polar surface area (TPSA) is 72.6 Å². The highest BCUT2D eigenvalue weighted by molar-refractivity contribution is 7.89. The lowest BCUT2D eigenvalue weighted by atomic mass is 10.1. The lowest BCUT2D eigenvalue weighted by Gasteiger charge is -2.21. The van der Waals surface area contributed by atoms with Crippen molar-refractivity contribution >= 4 is 10.0 Å². The second kappa shape index (κ2) is 7.12. The molecule has 0 aliphatic carbocycles. The van der Waals surface area contributed by atoms with Crippen molar-refractivity contribution in [3.8, 4) is 0 Å². The highest BCUT2D eigenvalue weighted by Gasteiger charge is 2.26. The van der Waals surface area contributed by atoms with Crippen LogP contribution in [0.5, 0.6) is 0 Å². The smallest absolute Gasteiger partial charge is 0.243 e. The number of hydrogen-bond acceptors (Lipinski definition) is 4. The van der Waals surface area contributed by atoms with Crippen molar-refractivity contribution in [3.05, 3.63) is 29.1 Å². The van der Waals surface area contributed by atoms with E-state index in [1.54, 1.807) is 6.92 Å². The van der Waals surface area contributed by atoms with Crippen molar-refractivity contribution in [3.63, 3.8) is 0 Å². The zero-order chi connectivity index (χ0) is 15.3. The van der Waals surface area contributed by atoms with Crippen LogP contribution >= 0.6 is 0 Å². The Morgan fingerprint density at radius 3 is 2.55 bits per heavy atom. The molecule has 0 aromatic heterocycles. The Morgan fingerprint density at radius 1 is 1.40 bits per heavy atom. The summed E-state index contributed by atoms with van der Waals surface area (Å²) in [5.74, 6) is -0.561. The van der Waals surface area contributed by atoms with Crippen LogP contribution in [0.25, 0.3) is 0 Å². The van der Waals surface area contributed by atoms with E-state index in [0.717, 1.165) is 0 Å². The van der Waals surface area contributed by atoms with Gasteiger partial charge < -0.3 is 10.5 Å². The van der Waals surface area contributed by atoms with E-state index < -0.39 is 15.8 Å². The molecule has 0 radical (unpaired) electrons. The maximum absolute atomic E-state index is 13.8. The minimum Gasteiger partial charge on any atom is -0.383 e. The molecule has 0 saturated heterocycles. The van der Waals surface area contributed by atoms with Crippen LogP contribution in [-0.4, -0.2) is 39.5 Å². The second-order valence-electron chi connectivity index (χ2n) is 4.39. The van der Waals surface area contributed by atoms with E-state index in [-0.39, 0.29) is 30.2 Å². The molecule has 0 heterocycles. The summed E-state index contributed by atoms with van der Waals surface area (Å²) in [4.78, 5) is -0.0316. The van der Waals surface area contributed by atoms with Crippen molar-refractivity contribution in [2.24, 2.45) is 5.73 Å². The largest absolute Gasteiger partial charge is 0.383 e. The fourth-order valence-corrected chi connectivity index (χ4v) is 3.59.